The van der Waals surface area contributed by atoms with Crippen LogP contribution in [0.15, 0.2) is 85.1 Å². The van der Waals surface area contributed by atoms with E-state index in [4.69, 9.17) is 8.85 Å². The Labute approximate surface area is 232 Å². The molecular formula is C31H30N4OPt. The average Bonchev–Trinajstić information content (AvgIpc) is 3.21. The molecule has 0 saturated heterocycles. The van der Waals surface area contributed by atoms with Gasteiger partial charge in [-0.15, -0.1) is 0 Å². The van der Waals surface area contributed by atoms with E-state index in [1.54, 1.807) is 0 Å². The molecule has 6 heteroatoms. The molecule has 0 aliphatic carbocycles. The molecule has 2 aromatic heterocycles. The van der Waals surface area contributed by atoms with Gasteiger partial charge >= 0.3 is 208 Å². The second-order valence-corrected chi connectivity index (χ2v) is 11.2. The van der Waals surface area contributed by atoms with Crippen LogP contribution in [0.5, 0.6) is 11.5 Å². The summed E-state index contributed by atoms with van der Waals surface area (Å²) in [5.41, 5.74) is 5.88. The van der Waals surface area contributed by atoms with Crippen molar-refractivity contribution in [3.63, 3.8) is 0 Å². The van der Waals surface area contributed by atoms with Crippen molar-refractivity contribution in [1.29, 1.82) is 0 Å². The average molecular weight is 673 g/mol. The molecule has 1 aliphatic rings. The first kappa shape index (κ1) is 20.6. The van der Waals surface area contributed by atoms with Crippen LogP contribution in [0, 0.1) is 10.7 Å². The van der Waals surface area contributed by atoms with Crippen molar-refractivity contribution in [3.05, 3.63) is 100.0 Å². The van der Waals surface area contributed by atoms with Gasteiger partial charge in [-0.2, -0.15) is 0 Å². The predicted octanol–water partition coefficient (Wildman–Crippen LogP) is 7.36. The van der Waals surface area contributed by atoms with E-state index in [9.17, 15) is 0 Å². The molecule has 5 nitrogen and oxygen atoms in total. The van der Waals surface area contributed by atoms with E-state index in [-0.39, 0.29) is 5.41 Å². The Morgan fingerprint density at radius 1 is 0.946 bits per heavy atom. The Bertz CT molecular complexity index is 1800. The number of anilines is 2. The quantitative estimate of drug-likeness (QED) is 0.200. The minimum absolute atomic E-state index is 0.0402. The summed E-state index contributed by atoms with van der Waals surface area (Å²) in [6, 6.07) is 25.7. The van der Waals surface area contributed by atoms with Crippen LogP contribution in [0.1, 0.15) is 35.5 Å². The molecule has 0 amide bonds. The maximum absolute atomic E-state index is 8.10. The van der Waals surface area contributed by atoms with Crippen LogP contribution >= 0.6 is 0 Å². The SMILES string of the molecule is [2H]C([2H])([2H])n1[c](=[Pt])n(-c2cccc(Oc3ccc4c(c3)N(c3cc(C)ccn3)CCC4(C)C)c2)c2ccccc21. The van der Waals surface area contributed by atoms with E-state index >= 15 is 0 Å². The van der Waals surface area contributed by atoms with Gasteiger partial charge in [0.2, 0.25) is 0 Å². The van der Waals surface area contributed by atoms with Crippen molar-refractivity contribution in [2.24, 2.45) is 6.98 Å². The molecule has 190 valence electrons. The van der Waals surface area contributed by atoms with E-state index in [0.717, 1.165) is 41.4 Å². The summed E-state index contributed by atoms with van der Waals surface area (Å²) in [5.74, 6) is 2.34. The molecule has 6 rings (SSSR count). The number of para-hydroxylation sites is 2. The topological polar surface area (TPSA) is 35.2 Å². The van der Waals surface area contributed by atoms with Gasteiger partial charge in [-0.3, -0.25) is 0 Å². The van der Waals surface area contributed by atoms with Gasteiger partial charge in [0.1, 0.15) is 0 Å². The molecule has 1 aliphatic heterocycles. The van der Waals surface area contributed by atoms with Crippen LogP contribution in [-0.2, 0) is 31.7 Å². The Hall–Kier alpha value is -3.43. The van der Waals surface area contributed by atoms with Crippen LogP contribution in [-0.4, -0.2) is 20.7 Å². The fourth-order valence-electron chi connectivity index (χ4n) is 5.11. The van der Waals surface area contributed by atoms with Crippen LogP contribution in [0.4, 0.5) is 11.5 Å². The summed E-state index contributed by atoms with van der Waals surface area (Å²) in [6.45, 7) is 5.22. The number of imidazole rings is 1. The minimum atomic E-state index is -2.30. The molecule has 3 aromatic carbocycles. The number of hydrogen-bond donors (Lipinski definition) is 0. The summed E-state index contributed by atoms with van der Waals surface area (Å²) in [5, 5.41) is 0. The Morgan fingerprint density at radius 3 is 2.57 bits per heavy atom. The van der Waals surface area contributed by atoms with E-state index in [1.807, 2.05) is 71.4 Å². The number of aryl methyl sites for hydroxylation is 2. The second-order valence-electron chi connectivity index (χ2n) is 10.2. The van der Waals surface area contributed by atoms with Crippen molar-refractivity contribution in [1.82, 2.24) is 14.1 Å². The number of fused-ring (bicyclic) bond motifs is 2. The van der Waals surface area contributed by atoms with Gasteiger partial charge in [-0.05, 0) is 18.6 Å². The van der Waals surface area contributed by atoms with Crippen molar-refractivity contribution >= 4 is 22.5 Å². The van der Waals surface area contributed by atoms with Gasteiger partial charge in [-0.1, -0.05) is 0 Å². The fraction of sp³-hybridized carbons (Fsp3) is 0.226. The molecule has 0 saturated carbocycles. The summed E-state index contributed by atoms with van der Waals surface area (Å²) in [4.78, 5) is 6.94. The molecule has 0 radical (unpaired) electrons. The van der Waals surface area contributed by atoms with Crippen molar-refractivity contribution < 1.29 is 28.2 Å². The van der Waals surface area contributed by atoms with Crippen molar-refractivity contribution in [3.8, 4) is 17.2 Å². The van der Waals surface area contributed by atoms with Gasteiger partial charge in [-0.25, -0.2) is 0 Å². The number of nitrogens with zero attached hydrogens (tertiary/aromatic N) is 4. The van der Waals surface area contributed by atoms with Gasteiger partial charge in [0.05, 0.1) is 0 Å². The molecule has 37 heavy (non-hydrogen) atoms. The zero-order valence-electron chi connectivity index (χ0n) is 24.0. The van der Waals surface area contributed by atoms with Gasteiger partial charge in [0.25, 0.3) is 0 Å². The third kappa shape index (κ3) is 4.26. The molecular weight excluding hydrogens is 639 g/mol. The van der Waals surface area contributed by atoms with E-state index in [2.05, 4.69) is 68.2 Å². The first-order valence-electron chi connectivity index (χ1n) is 13.8. The van der Waals surface area contributed by atoms with Gasteiger partial charge in [0, 0.05) is 6.20 Å². The molecule has 3 heterocycles. The third-order valence-electron chi connectivity index (χ3n) is 7.14. The maximum atomic E-state index is 8.10. The van der Waals surface area contributed by atoms with Crippen LogP contribution in [0.3, 0.4) is 0 Å². The first-order chi connectivity index (χ1) is 19.0. The summed E-state index contributed by atoms with van der Waals surface area (Å²) < 4.78 is 34.7. The van der Waals surface area contributed by atoms with E-state index in [1.165, 1.54) is 15.7 Å². The third-order valence-corrected chi connectivity index (χ3v) is 8.16. The number of pyridine rings is 1. The number of benzene rings is 3. The van der Waals surface area contributed by atoms with Crippen LogP contribution < -0.4 is 9.64 Å². The normalized spacial score (nSPS) is 16.1. The monoisotopic (exact) mass is 672 g/mol. The van der Waals surface area contributed by atoms with E-state index < -0.39 is 6.98 Å². The number of ether oxygens (including phenoxy) is 1. The van der Waals surface area contributed by atoms with Crippen LogP contribution in [0.2, 0.25) is 0 Å². The molecule has 0 N–H and O–H groups in total. The molecule has 0 bridgehead atoms. The second kappa shape index (κ2) is 9.15. The molecule has 0 unspecified atom stereocenters. The summed E-state index contributed by atoms with van der Waals surface area (Å²) >= 11 is 2.09. The number of rotatable bonds is 4. The molecule has 5 aromatic rings. The van der Waals surface area contributed by atoms with Gasteiger partial charge in [0.15, 0.2) is 0 Å². The van der Waals surface area contributed by atoms with Crippen LogP contribution in [0.25, 0.3) is 16.7 Å². The Morgan fingerprint density at radius 2 is 1.76 bits per heavy atom. The standard InChI is InChI=1S/C31H30N4O.Pt/c1-22-14-16-32-30(18-22)34-17-15-31(2,3)26-13-12-25(20-29(26)34)36-24-9-7-8-23(19-24)35-21-33(4)27-10-5-6-11-28(27)35;/h5-14,16,18-20H,15,17H2,1-4H3;/i4D3;. The molecule has 0 spiro atoms. The number of hydrogen-bond acceptors (Lipinski definition) is 3. The summed E-state index contributed by atoms with van der Waals surface area (Å²) in [6.07, 6.45) is 2.88. The zero-order chi connectivity index (χ0) is 28.2. The fourth-order valence-corrected chi connectivity index (χ4v) is 5.95. The molecule has 0 atom stereocenters. The first-order valence-corrected chi connectivity index (χ1v) is 13.5. The predicted molar refractivity (Wildman–Crippen MR) is 146 cm³/mol. The summed E-state index contributed by atoms with van der Waals surface area (Å²) in [7, 11) is 0. The number of aromatic nitrogens is 3. The van der Waals surface area contributed by atoms with E-state index in [0.29, 0.717) is 15.1 Å². The Kier molecular flexibility index (Phi) is 5.09. The zero-order valence-corrected chi connectivity index (χ0v) is 23.3. The Balaban J connectivity index is 1.40. The van der Waals surface area contributed by atoms with Crippen molar-refractivity contribution in [2.45, 2.75) is 32.6 Å². The van der Waals surface area contributed by atoms with Gasteiger partial charge < -0.3 is 0 Å². The molecule has 0 fully saturated rings. The van der Waals surface area contributed by atoms with Crippen molar-refractivity contribution in [2.75, 3.05) is 11.4 Å².